The van der Waals surface area contributed by atoms with E-state index in [4.69, 9.17) is 27.9 Å². The lowest BCUT2D eigenvalue weighted by Crippen LogP contribution is -2.09. The number of halogens is 2. The van der Waals surface area contributed by atoms with Crippen molar-refractivity contribution in [1.82, 2.24) is 0 Å². The van der Waals surface area contributed by atoms with E-state index in [2.05, 4.69) is 0 Å². The number of ketones is 1. The lowest BCUT2D eigenvalue weighted by atomic mass is 10.1. The minimum atomic E-state index is -0.132. The summed E-state index contributed by atoms with van der Waals surface area (Å²) in [5.41, 5.74) is 1.41. The second-order valence-corrected chi connectivity index (χ2v) is 4.87. The normalized spacial score (nSPS) is 10.4. The minimum absolute atomic E-state index is 0.00372. The standard InChI is InChI=1S/C15H12Cl2O2/c16-12-5-3-4-11(8-12)9-19-10-15(18)13-6-1-2-7-14(13)17/h1-8H,9-10H2. The Bertz CT molecular complexity index is 582. The molecule has 0 fully saturated rings. The molecule has 0 aromatic heterocycles. The van der Waals surface area contributed by atoms with Crippen LogP contribution in [0.25, 0.3) is 0 Å². The largest absolute Gasteiger partial charge is 0.369 e. The molecule has 98 valence electrons. The molecule has 0 saturated carbocycles. The molecule has 0 heterocycles. The fraction of sp³-hybridized carbons (Fsp3) is 0.133. The zero-order valence-electron chi connectivity index (χ0n) is 10.1. The summed E-state index contributed by atoms with van der Waals surface area (Å²) in [6.45, 7) is 0.340. The minimum Gasteiger partial charge on any atom is -0.369 e. The van der Waals surface area contributed by atoms with E-state index in [1.165, 1.54) is 0 Å². The predicted octanol–water partition coefficient (Wildman–Crippen LogP) is 4.39. The molecule has 2 aromatic rings. The van der Waals surface area contributed by atoms with Crippen LogP contribution in [0.15, 0.2) is 48.5 Å². The van der Waals surface area contributed by atoms with E-state index >= 15 is 0 Å². The molecular formula is C15H12Cl2O2. The summed E-state index contributed by atoms with van der Waals surface area (Å²) in [7, 11) is 0. The van der Waals surface area contributed by atoms with Crippen molar-refractivity contribution in [3.05, 3.63) is 69.7 Å². The van der Waals surface area contributed by atoms with E-state index in [1.54, 1.807) is 30.3 Å². The lowest BCUT2D eigenvalue weighted by molar-refractivity contribution is 0.0727. The average molecular weight is 295 g/mol. The number of carbonyl (C=O) groups is 1. The molecule has 19 heavy (non-hydrogen) atoms. The summed E-state index contributed by atoms with van der Waals surface area (Å²) < 4.78 is 5.38. The first-order valence-corrected chi connectivity index (χ1v) is 6.52. The zero-order chi connectivity index (χ0) is 13.7. The van der Waals surface area contributed by atoms with Gasteiger partial charge in [0.2, 0.25) is 0 Å². The van der Waals surface area contributed by atoms with Gasteiger partial charge >= 0.3 is 0 Å². The fourth-order valence-electron chi connectivity index (χ4n) is 1.65. The molecule has 2 rings (SSSR count). The van der Waals surface area contributed by atoms with Crippen LogP contribution in [0.5, 0.6) is 0 Å². The Labute approximate surface area is 121 Å². The number of carbonyl (C=O) groups excluding carboxylic acids is 1. The van der Waals surface area contributed by atoms with Gasteiger partial charge in [0.05, 0.1) is 11.6 Å². The highest BCUT2D eigenvalue weighted by molar-refractivity contribution is 6.34. The van der Waals surface area contributed by atoms with Crippen LogP contribution in [0.4, 0.5) is 0 Å². The number of benzene rings is 2. The molecule has 2 nitrogen and oxygen atoms in total. The van der Waals surface area contributed by atoms with Crippen LogP contribution in [0.2, 0.25) is 10.0 Å². The van der Waals surface area contributed by atoms with Crippen molar-refractivity contribution in [3.63, 3.8) is 0 Å². The van der Waals surface area contributed by atoms with Crippen LogP contribution in [-0.4, -0.2) is 12.4 Å². The molecule has 0 saturated heterocycles. The van der Waals surface area contributed by atoms with Crippen molar-refractivity contribution in [3.8, 4) is 0 Å². The van der Waals surface area contributed by atoms with Crippen molar-refractivity contribution in [2.45, 2.75) is 6.61 Å². The lowest BCUT2D eigenvalue weighted by Gasteiger charge is -2.05. The quantitative estimate of drug-likeness (QED) is 0.764. The summed E-state index contributed by atoms with van der Waals surface area (Å²) in [5, 5.41) is 1.09. The highest BCUT2D eigenvalue weighted by Gasteiger charge is 2.09. The molecule has 0 N–H and O–H groups in total. The Hall–Kier alpha value is -1.35. The molecule has 0 aliphatic heterocycles. The van der Waals surface area contributed by atoms with Crippen molar-refractivity contribution in [2.75, 3.05) is 6.61 Å². The first-order valence-electron chi connectivity index (χ1n) is 5.77. The third-order valence-electron chi connectivity index (χ3n) is 2.57. The Morgan fingerprint density at radius 2 is 1.84 bits per heavy atom. The summed E-state index contributed by atoms with van der Waals surface area (Å²) in [5.74, 6) is -0.132. The van der Waals surface area contributed by atoms with Crippen LogP contribution < -0.4 is 0 Å². The first kappa shape index (κ1) is 14.1. The predicted molar refractivity (Wildman–Crippen MR) is 76.9 cm³/mol. The van der Waals surface area contributed by atoms with Crippen LogP contribution in [0.3, 0.4) is 0 Å². The number of Topliss-reactive ketones (excluding diaryl/α,β-unsaturated/α-hetero) is 1. The van der Waals surface area contributed by atoms with Gasteiger partial charge in [0.15, 0.2) is 5.78 Å². The molecule has 0 aliphatic carbocycles. The number of hydrogen-bond acceptors (Lipinski definition) is 2. The maximum Gasteiger partial charge on any atom is 0.189 e. The first-order chi connectivity index (χ1) is 9.16. The van der Waals surface area contributed by atoms with Gasteiger partial charge in [0, 0.05) is 10.6 Å². The second kappa shape index (κ2) is 6.71. The van der Waals surface area contributed by atoms with E-state index in [0.29, 0.717) is 22.2 Å². The summed E-state index contributed by atoms with van der Waals surface area (Å²) in [6.07, 6.45) is 0. The van der Waals surface area contributed by atoms with Gasteiger partial charge in [-0.2, -0.15) is 0 Å². The third kappa shape index (κ3) is 4.06. The Balaban J connectivity index is 1.90. The van der Waals surface area contributed by atoms with Gasteiger partial charge in [-0.25, -0.2) is 0 Å². The number of rotatable bonds is 5. The van der Waals surface area contributed by atoms with Crippen molar-refractivity contribution < 1.29 is 9.53 Å². The Morgan fingerprint density at radius 1 is 1.05 bits per heavy atom. The maximum atomic E-state index is 11.9. The van der Waals surface area contributed by atoms with Crippen LogP contribution in [0, 0.1) is 0 Å². The SMILES string of the molecule is O=C(COCc1cccc(Cl)c1)c1ccccc1Cl. The zero-order valence-corrected chi connectivity index (χ0v) is 11.6. The number of ether oxygens (including phenoxy) is 1. The highest BCUT2D eigenvalue weighted by Crippen LogP contribution is 2.16. The maximum absolute atomic E-state index is 11.9. The van der Waals surface area contributed by atoms with Gasteiger partial charge < -0.3 is 4.74 Å². The molecule has 2 aromatic carbocycles. The van der Waals surface area contributed by atoms with Gasteiger partial charge in [0.25, 0.3) is 0 Å². The topological polar surface area (TPSA) is 26.3 Å². The van der Waals surface area contributed by atoms with E-state index in [9.17, 15) is 4.79 Å². The van der Waals surface area contributed by atoms with E-state index in [0.717, 1.165) is 5.56 Å². The molecule has 0 unspecified atom stereocenters. The van der Waals surface area contributed by atoms with E-state index in [1.807, 2.05) is 18.2 Å². The highest BCUT2D eigenvalue weighted by atomic mass is 35.5. The second-order valence-electron chi connectivity index (χ2n) is 4.03. The fourth-order valence-corrected chi connectivity index (χ4v) is 2.11. The van der Waals surface area contributed by atoms with Crippen molar-refractivity contribution in [2.24, 2.45) is 0 Å². The van der Waals surface area contributed by atoms with Crippen LogP contribution in [0.1, 0.15) is 15.9 Å². The Morgan fingerprint density at radius 3 is 2.58 bits per heavy atom. The molecule has 4 heteroatoms. The molecule has 0 bridgehead atoms. The van der Waals surface area contributed by atoms with Gasteiger partial charge in [-0.05, 0) is 29.8 Å². The van der Waals surface area contributed by atoms with Gasteiger partial charge in [-0.3, -0.25) is 4.79 Å². The average Bonchev–Trinajstić information content (AvgIpc) is 2.39. The van der Waals surface area contributed by atoms with Crippen molar-refractivity contribution in [1.29, 1.82) is 0 Å². The molecule has 0 amide bonds. The molecule has 0 atom stereocenters. The van der Waals surface area contributed by atoms with Crippen molar-refractivity contribution >= 4 is 29.0 Å². The van der Waals surface area contributed by atoms with E-state index in [-0.39, 0.29) is 12.4 Å². The summed E-state index contributed by atoms with van der Waals surface area (Å²) in [6, 6.07) is 14.3. The molecular weight excluding hydrogens is 283 g/mol. The van der Waals surface area contributed by atoms with Crippen LogP contribution in [-0.2, 0) is 11.3 Å². The third-order valence-corrected chi connectivity index (χ3v) is 3.13. The molecule has 0 aliphatic rings. The smallest absolute Gasteiger partial charge is 0.189 e. The summed E-state index contributed by atoms with van der Waals surface area (Å²) >= 11 is 11.8. The van der Waals surface area contributed by atoms with Crippen LogP contribution >= 0.6 is 23.2 Å². The van der Waals surface area contributed by atoms with Gasteiger partial charge in [-0.15, -0.1) is 0 Å². The van der Waals surface area contributed by atoms with E-state index < -0.39 is 0 Å². The van der Waals surface area contributed by atoms with Gasteiger partial charge in [-0.1, -0.05) is 47.5 Å². The molecule has 0 radical (unpaired) electrons. The van der Waals surface area contributed by atoms with Gasteiger partial charge in [0.1, 0.15) is 6.61 Å². The Kier molecular flexibility index (Phi) is 4.97. The summed E-state index contributed by atoms with van der Waals surface area (Å²) in [4.78, 5) is 11.9. The molecule has 0 spiro atoms. The monoisotopic (exact) mass is 294 g/mol. The number of hydrogen-bond donors (Lipinski definition) is 0.